The van der Waals surface area contributed by atoms with Crippen LogP contribution in [0.15, 0.2) is 48.5 Å². The standard InChI is InChI=1S/C20H16N4O2/c1-12-3-8-16(13(2)9-12)19-10-17(18(11-21)20(22)23-19)14-4-6-15(7-5-14)24(25)26/h3-10H,1-2H3,(H2,22,23). The van der Waals surface area contributed by atoms with Crippen LogP contribution in [0.5, 0.6) is 0 Å². The third-order valence-corrected chi connectivity index (χ3v) is 4.21. The summed E-state index contributed by atoms with van der Waals surface area (Å²) in [6.07, 6.45) is 0. The molecule has 0 aliphatic heterocycles. The van der Waals surface area contributed by atoms with Gasteiger partial charge in [-0.2, -0.15) is 5.26 Å². The maximum atomic E-state index is 10.9. The van der Waals surface area contributed by atoms with Crippen LogP contribution in [0.25, 0.3) is 22.4 Å². The normalized spacial score (nSPS) is 10.3. The molecule has 3 rings (SSSR count). The lowest BCUT2D eigenvalue weighted by Crippen LogP contribution is -2.00. The molecule has 1 aromatic heterocycles. The van der Waals surface area contributed by atoms with Crippen molar-refractivity contribution in [1.29, 1.82) is 5.26 Å². The number of aromatic nitrogens is 1. The molecule has 6 nitrogen and oxygen atoms in total. The van der Waals surface area contributed by atoms with Crippen molar-refractivity contribution in [1.82, 2.24) is 4.98 Å². The maximum absolute atomic E-state index is 10.9. The molecule has 3 aromatic rings. The van der Waals surface area contributed by atoms with Crippen molar-refractivity contribution in [3.8, 4) is 28.5 Å². The van der Waals surface area contributed by atoms with Crippen LogP contribution >= 0.6 is 0 Å². The predicted molar refractivity (Wildman–Crippen MR) is 100 cm³/mol. The zero-order chi connectivity index (χ0) is 18.8. The minimum Gasteiger partial charge on any atom is -0.383 e. The molecule has 6 heteroatoms. The van der Waals surface area contributed by atoms with Gasteiger partial charge in [-0.25, -0.2) is 4.98 Å². The van der Waals surface area contributed by atoms with E-state index in [0.717, 1.165) is 16.7 Å². The Kier molecular flexibility index (Phi) is 4.38. The van der Waals surface area contributed by atoms with Crippen molar-refractivity contribution in [2.45, 2.75) is 13.8 Å². The van der Waals surface area contributed by atoms with Crippen LogP contribution in [-0.2, 0) is 0 Å². The van der Waals surface area contributed by atoms with Crippen molar-refractivity contribution in [3.05, 3.63) is 75.3 Å². The van der Waals surface area contributed by atoms with Crippen molar-refractivity contribution in [3.63, 3.8) is 0 Å². The number of nitriles is 1. The summed E-state index contributed by atoms with van der Waals surface area (Å²) in [5.41, 5.74) is 11.3. The molecule has 0 saturated heterocycles. The van der Waals surface area contributed by atoms with E-state index in [1.807, 2.05) is 26.0 Å². The number of hydrogen-bond acceptors (Lipinski definition) is 5. The molecule has 0 saturated carbocycles. The molecule has 0 atom stereocenters. The number of pyridine rings is 1. The van der Waals surface area contributed by atoms with Gasteiger partial charge in [-0.15, -0.1) is 0 Å². The molecule has 26 heavy (non-hydrogen) atoms. The molecule has 2 aromatic carbocycles. The lowest BCUT2D eigenvalue weighted by Gasteiger charge is -2.12. The number of nitrogens with zero attached hydrogens (tertiary/aromatic N) is 3. The summed E-state index contributed by atoms with van der Waals surface area (Å²) < 4.78 is 0. The number of benzene rings is 2. The molecule has 0 fully saturated rings. The van der Waals surface area contributed by atoms with E-state index in [-0.39, 0.29) is 17.1 Å². The molecular weight excluding hydrogens is 328 g/mol. The van der Waals surface area contributed by atoms with E-state index in [4.69, 9.17) is 5.73 Å². The van der Waals surface area contributed by atoms with E-state index in [1.165, 1.54) is 12.1 Å². The van der Waals surface area contributed by atoms with E-state index >= 15 is 0 Å². The number of nitrogens with two attached hydrogens (primary N) is 1. The Morgan fingerprint density at radius 3 is 2.35 bits per heavy atom. The third kappa shape index (κ3) is 3.10. The first-order valence-electron chi connectivity index (χ1n) is 7.94. The topological polar surface area (TPSA) is 106 Å². The number of rotatable bonds is 3. The van der Waals surface area contributed by atoms with Gasteiger partial charge in [0, 0.05) is 23.3 Å². The molecular formula is C20H16N4O2. The first-order valence-corrected chi connectivity index (χ1v) is 7.94. The van der Waals surface area contributed by atoms with E-state index in [2.05, 4.69) is 17.1 Å². The number of aryl methyl sites for hydroxylation is 2. The molecule has 0 bridgehead atoms. The molecule has 0 unspecified atom stereocenters. The van der Waals surface area contributed by atoms with Crippen LogP contribution in [0, 0.1) is 35.3 Å². The highest BCUT2D eigenvalue weighted by atomic mass is 16.6. The highest BCUT2D eigenvalue weighted by Crippen LogP contribution is 2.33. The second-order valence-electron chi connectivity index (χ2n) is 6.05. The van der Waals surface area contributed by atoms with Gasteiger partial charge < -0.3 is 5.73 Å². The van der Waals surface area contributed by atoms with Gasteiger partial charge in [0.25, 0.3) is 5.69 Å². The summed E-state index contributed by atoms with van der Waals surface area (Å²) >= 11 is 0. The van der Waals surface area contributed by atoms with Crippen LogP contribution in [0.2, 0.25) is 0 Å². The number of nitro groups is 1. The van der Waals surface area contributed by atoms with Crippen molar-refractivity contribution < 1.29 is 4.92 Å². The van der Waals surface area contributed by atoms with Crippen LogP contribution < -0.4 is 5.73 Å². The summed E-state index contributed by atoms with van der Waals surface area (Å²) in [5.74, 6) is 0.137. The second kappa shape index (κ2) is 6.65. The van der Waals surface area contributed by atoms with E-state index in [9.17, 15) is 15.4 Å². The predicted octanol–water partition coefficient (Wildman–Crippen LogP) is 4.39. The van der Waals surface area contributed by atoms with Crippen molar-refractivity contribution in [2.24, 2.45) is 0 Å². The largest absolute Gasteiger partial charge is 0.383 e. The van der Waals surface area contributed by atoms with Gasteiger partial charge in [-0.1, -0.05) is 23.8 Å². The lowest BCUT2D eigenvalue weighted by atomic mass is 9.96. The Morgan fingerprint density at radius 1 is 1.08 bits per heavy atom. The Morgan fingerprint density at radius 2 is 1.77 bits per heavy atom. The first-order chi connectivity index (χ1) is 12.4. The smallest absolute Gasteiger partial charge is 0.269 e. The molecule has 0 aliphatic rings. The summed E-state index contributed by atoms with van der Waals surface area (Å²) in [6, 6.07) is 15.9. The summed E-state index contributed by atoms with van der Waals surface area (Å²) in [5, 5.41) is 20.3. The summed E-state index contributed by atoms with van der Waals surface area (Å²) in [4.78, 5) is 14.8. The van der Waals surface area contributed by atoms with Crippen LogP contribution in [-0.4, -0.2) is 9.91 Å². The van der Waals surface area contributed by atoms with Gasteiger partial charge >= 0.3 is 0 Å². The average molecular weight is 344 g/mol. The van der Waals surface area contributed by atoms with Crippen LogP contribution in [0.1, 0.15) is 16.7 Å². The SMILES string of the molecule is Cc1ccc(-c2cc(-c3ccc([N+](=O)[O-])cc3)c(C#N)c(N)n2)c(C)c1. The fraction of sp³-hybridized carbons (Fsp3) is 0.100. The number of nitrogen functional groups attached to an aromatic ring is 1. The van der Waals surface area contributed by atoms with E-state index < -0.39 is 4.92 Å². The third-order valence-electron chi connectivity index (χ3n) is 4.21. The van der Waals surface area contributed by atoms with Gasteiger partial charge in [0.1, 0.15) is 17.5 Å². The van der Waals surface area contributed by atoms with E-state index in [1.54, 1.807) is 18.2 Å². The zero-order valence-electron chi connectivity index (χ0n) is 14.4. The number of non-ortho nitro benzene ring substituents is 1. The Labute approximate surface area is 150 Å². The molecule has 0 radical (unpaired) electrons. The molecule has 0 amide bonds. The molecule has 0 spiro atoms. The van der Waals surface area contributed by atoms with Crippen LogP contribution in [0.3, 0.4) is 0 Å². The second-order valence-corrected chi connectivity index (χ2v) is 6.05. The molecule has 128 valence electrons. The quantitative estimate of drug-likeness (QED) is 0.560. The minimum absolute atomic E-state index is 0.0103. The monoisotopic (exact) mass is 344 g/mol. The van der Waals surface area contributed by atoms with Crippen molar-refractivity contribution >= 4 is 11.5 Å². The van der Waals surface area contributed by atoms with Gasteiger partial charge in [-0.05, 0) is 43.2 Å². The Balaban J connectivity index is 2.20. The number of nitro benzene ring substituents is 1. The summed E-state index contributed by atoms with van der Waals surface area (Å²) in [7, 11) is 0. The number of hydrogen-bond donors (Lipinski definition) is 1. The van der Waals surface area contributed by atoms with Gasteiger partial charge in [0.05, 0.1) is 10.6 Å². The van der Waals surface area contributed by atoms with Crippen molar-refractivity contribution in [2.75, 3.05) is 5.73 Å². The fourth-order valence-corrected chi connectivity index (χ4v) is 2.91. The van der Waals surface area contributed by atoms with E-state index in [0.29, 0.717) is 16.8 Å². The molecule has 1 heterocycles. The maximum Gasteiger partial charge on any atom is 0.269 e. The number of anilines is 1. The minimum atomic E-state index is -0.461. The van der Waals surface area contributed by atoms with Gasteiger partial charge in [0.2, 0.25) is 0 Å². The van der Waals surface area contributed by atoms with Gasteiger partial charge in [-0.3, -0.25) is 10.1 Å². The molecule has 2 N–H and O–H groups in total. The van der Waals surface area contributed by atoms with Gasteiger partial charge in [0.15, 0.2) is 0 Å². The highest BCUT2D eigenvalue weighted by Gasteiger charge is 2.15. The first kappa shape index (κ1) is 17.1. The zero-order valence-corrected chi connectivity index (χ0v) is 14.4. The Hall–Kier alpha value is -3.72. The van der Waals surface area contributed by atoms with Crippen LogP contribution in [0.4, 0.5) is 11.5 Å². The lowest BCUT2D eigenvalue weighted by molar-refractivity contribution is -0.384. The Bertz CT molecular complexity index is 1050. The average Bonchev–Trinajstić information content (AvgIpc) is 2.61. The molecule has 0 aliphatic carbocycles. The fourth-order valence-electron chi connectivity index (χ4n) is 2.91. The highest BCUT2D eigenvalue weighted by molar-refractivity contribution is 5.81. The summed E-state index contributed by atoms with van der Waals surface area (Å²) in [6.45, 7) is 4.00.